The van der Waals surface area contributed by atoms with Gasteiger partial charge in [-0.25, -0.2) is 0 Å². The first kappa shape index (κ1) is 13.6. The van der Waals surface area contributed by atoms with Gasteiger partial charge in [0, 0.05) is 4.47 Å². The predicted molar refractivity (Wildman–Crippen MR) is 79.5 cm³/mol. The fourth-order valence-electron chi connectivity index (χ4n) is 1.87. The van der Waals surface area contributed by atoms with Crippen LogP contribution < -0.4 is 4.74 Å². The van der Waals surface area contributed by atoms with Crippen LogP contribution in [0.4, 0.5) is 0 Å². The van der Waals surface area contributed by atoms with E-state index in [4.69, 9.17) is 4.74 Å². The number of ether oxygens (including phenoxy) is 1. The Labute approximate surface area is 121 Å². The van der Waals surface area contributed by atoms with Gasteiger partial charge in [0.2, 0.25) is 0 Å². The van der Waals surface area contributed by atoms with Gasteiger partial charge in [0.05, 0.1) is 0 Å². The van der Waals surface area contributed by atoms with Crippen molar-refractivity contribution in [2.75, 3.05) is 0 Å². The lowest BCUT2D eigenvalue weighted by Crippen LogP contribution is -1.95. The maximum absolute atomic E-state index is 9.20. The number of nitriles is 1. The van der Waals surface area contributed by atoms with Gasteiger partial charge in [0.25, 0.3) is 0 Å². The summed E-state index contributed by atoms with van der Waals surface area (Å²) in [5, 5.41) is 9.20. The second-order valence-electron chi connectivity index (χ2n) is 4.52. The Bertz CT molecular complexity index is 629. The molecule has 3 heteroatoms. The fraction of sp³-hybridized carbons (Fsp3) is 0.188. The van der Waals surface area contributed by atoms with Crippen LogP contribution in [0.1, 0.15) is 30.9 Å². The van der Waals surface area contributed by atoms with E-state index in [1.54, 1.807) is 6.07 Å². The van der Waals surface area contributed by atoms with Crippen molar-refractivity contribution in [1.29, 1.82) is 5.26 Å². The monoisotopic (exact) mass is 315 g/mol. The quantitative estimate of drug-likeness (QED) is 0.776. The SMILES string of the molecule is CC(C)c1ccccc1Oc1cccc(Br)c1C#N. The summed E-state index contributed by atoms with van der Waals surface area (Å²) in [5.74, 6) is 1.74. The Kier molecular flexibility index (Phi) is 4.24. The van der Waals surface area contributed by atoms with Crippen LogP contribution >= 0.6 is 15.9 Å². The summed E-state index contributed by atoms with van der Waals surface area (Å²) in [5.41, 5.74) is 1.65. The molecule has 0 atom stereocenters. The van der Waals surface area contributed by atoms with Gasteiger partial charge >= 0.3 is 0 Å². The summed E-state index contributed by atoms with van der Waals surface area (Å²) in [6, 6.07) is 15.6. The highest BCUT2D eigenvalue weighted by Gasteiger charge is 2.12. The molecule has 2 rings (SSSR count). The third-order valence-corrected chi connectivity index (χ3v) is 3.51. The van der Waals surface area contributed by atoms with Crippen LogP contribution in [0.25, 0.3) is 0 Å². The molecular weight excluding hydrogens is 302 g/mol. The summed E-state index contributed by atoms with van der Waals surface area (Å²) in [6.07, 6.45) is 0. The van der Waals surface area contributed by atoms with Crippen LogP contribution in [0.3, 0.4) is 0 Å². The number of para-hydroxylation sites is 1. The Morgan fingerprint density at radius 2 is 1.74 bits per heavy atom. The number of benzene rings is 2. The molecule has 19 heavy (non-hydrogen) atoms. The maximum atomic E-state index is 9.20. The minimum atomic E-state index is 0.369. The molecule has 0 aromatic heterocycles. The molecule has 2 nitrogen and oxygen atoms in total. The van der Waals surface area contributed by atoms with Crippen LogP contribution in [0.5, 0.6) is 11.5 Å². The van der Waals surface area contributed by atoms with E-state index < -0.39 is 0 Å². The molecular formula is C16H14BrNO. The van der Waals surface area contributed by atoms with Crippen molar-refractivity contribution in [3.05, 3.63) is 58.1 Å². The van der Waals surface area contributed by atoms with E-state index >= 15 is 0 Å². The van der Waals surface area contributed by atoms with Gasteiger partial charge in [0.1, 0.15) is 23.1 Å². The molecule has 0 aliphatic rings. The maximum Gasteiger partial charge on any atom is 0.146 e. The van der Waals surface area contributed by atoms with E-state index in [1.807, 2.05) is 36.4 Å². The van der Waals surface area contributed by atoms with E-state index in [1.165, 1.54) is 0 Å². The molecule has 0 fully saturated rings. The number of hydrogen-bond acceptors (Lipinski definition) is 2. The molecule has 0 spiro atoms. The molecule has 2 aromatic carbocycles. The fourth-order valence-corrected chi connectivity index (χ4v) is 2.30. The zero-order valence-corrected chi connectivity index (χ0v) is 12.4. The van der Waals surface area contributed by atoms with Crippen molar-refractivity contribution in [1.82, 2.24) is 0 Å². The van der Waals surface area contributed by atoms with Crippen molar-refractivity contribution in [2.24, 2.45) is 0 Å². The van der Waals surface area contributed by atoms with Gasteiger partial charge in [-0.05, 0) is 45.6 Å². The zero-order valence-electron chi connectivity index (χ0n) is 10.9. The van der Waals surface area contributed by atoms with Gasteiger partial charge in [-0.3, -0.25) is 0 Å². The van der Waals surface area contributed by atoms with Gasteiger partial charge < -0.3 is 4.74 Å². The number of halogens is 1. The van der Waals surface area contributed by atoms with Crippen molar-refractivity contribution in [2.45, 2.75) is 19.8 Å². The smallest absolute Gasteiger partial charge is 0.146 e. The summed E-state index contributed by atoms with van der Waals surface area (Å²) in [4.78, 5) is 0. The van der Waals surface area contributed by atoms with E-state index in [2.05, 4.69) is 35.8 Å². The van der Waals surface area contributed by atoms with E-state index in [0.717, 1.165) is 15.8 Å². The summed E-state index contributed by atoms with van der Waals surface area (Å²) < 4.78 is 6.67. The summed E-state index contributed by atoms with van der Waals surface area (Å²) in [7, 11) is 0. The summed E-state index contributed by atoms with van der Waals surface area (Å²) in [6.45, 7) is 4.24. The summed E-state index contributed by atoms with van der Waals surface area (Å²) >= 11 is 3.37. The van der Waals surface area contributed by atoms with Gasteiger partial charge in [0.15, 0.2) is 0 Å². The molecule has 0 radical (unpaired) electrons. The first-order valence-corrected chi connectivity index (χ1v) is 6.88. The Balaban J connectivity index is 2.43. The Hall–Kier alpha value is -1.79. The molecule has 0 heterocycles. The van der Waals surface area contributed by atoms with Gasteiger partial charge in [-0.1, -0.05) is 38.1 Å². The number of nitrogens with zero attached hydrogens (tertiary/aromatic N) is 1. The largest absolute Gasteiger partial charge is 0.456 e. The molecule has 0 aliphatic carbocycles. The molecule has 0 amide bonds. The molecule has 0 aliphatic heterocycles. The van der Waals surface area contributed by atoms with E-state index in [-0.39, 0.29) is 0 Å². The van der Waals surface area contributed by atoms with E-state index in [0.29, 0.717) is 17.2 Å². The lowest BCUT2D eigenvalue weighted by molar-refractivity contribution is 0.471. The molecule has 0 N–H and O–H groups in total. The second-order valence-corrected chi connectivity index (χ2v) is 5.37. The molecule has 0 saturated heterocycles. The van der Waals surface area contributed by atoms with Crippen LogP contribution in [-0.2, 0) is 0 Å². The van der Waals surface area contributed by atoms with Crippen LogP contribution in [-0.4, -0.2) is 0 Å². The van der Waals surface area contributed by atoms with Gasteiger partial charge in [-0.15, -0.1) is 0 Å². The van der Waals surface area contributed by atoms with Crippen molar-refractivity contribution in [3.63, 3.8) is 0 Å². The number of rotatable bonds is 3. The van der Waals surface area contributed by atoms with Crippen LogP contribution in [0.2, 0.25) is 0 Å². The van der Waals surface area contributed by atoms with Crippen LogP contribution in [0.15, 0.2) is 46.9 Å². The average Bonchev–Trinajstić information content (AvgIpc) is 2.39. The third kappa shape index (κ3) is 2.97. The molecule has 96 valence electrons. The topological polar surface area (TPSA) is 33.0 Å². The van der Waals surface area contributed by atoms with Crippen molar-refractivity contribution in [3.8, 4) is 17.6 Å². The van der Waals surface area contributed by atoms with Crippen molar-refractivity contribution < 1.29 is 4.74 Å². The lowest BCUT2D eigenvalue weighted by Gasteiger charge is -2.14. The third-order valence-electron chi connectivity index (χ3n) is 2.85. The Morgan fingerprint density at radius 3 is 2.42 bits per heavy atom. The second kappa shape index (κ2) is 5.90. The lowest BCUT2D eigenvalue weighted by atomic mass is 10.0. The number of hydrogen-bond donors (Lipinski definition) is 0. The highest BCUT2D eigenvalue weighted by atomic mass is 79.9. The average molecular weight is 316 g/mol. The first-order valence-electron chi connectivity index (χ1n) is 6.09. The normalized spacial score (nSPS) is 10.3. The first-order chi connectivity index (χ1) is 9.13. The van der Waals surface area contributed by atoms with Crippen LogP contribution in [0, 0.1) is 11.3 Å². The molecule has 0 bridgehead atoms. The van der Waals surface area contributed by atoms with Gasteiger partial charge in [-0.2, -0.15) is 5.26 Å². The van der Waals surface area contributed by atoms with E-state index in [9.17, 15) is 5.26 Å². The zero-order chi connectivity index (χ0) is 13.8. The minimum Gasteiger partial charge on any atom is -0.456 e. The minimum absolute atomic E-state index is 0.369. The predicted octanol–water partition coefficient (Wildman–Crippen LogP) is 5.24. The van der Waals surface area contributed by atoms with Crippen molar-refractivity contribution >= 4 is 15.9 Å². The molecule has 2 aromatic rings. The highest BCUT2D eigenvalue weighted by Crippen LogP contribution is 2.34. The molecule has 0 unspecified atom stereocenters. The molecule has 0 saturated carbocycles. The standard InChI is InChI=1S/C16H14BrNO/c1-11(2)12-6-3-4-8-15(12)19-16-9-5-7-14(17)13(16)10-18/h3-9,11H,1-2H3. The Morgan fingerprint density at radius 1 is 1.05 bits per heavy atom. The highest BCUT2D eigenvalue weighted by molar-refractivity contribution is 9.10.